The van der Waals surface area contributed by atoms with E-state index >= 15 is 0 Å². The molecule has 2 fully saturated rings. The Morgan fingerprint density at radius 2 is 1.70 bits per heavy atom. The number of aromatic nitrogens is 9. The van der Waals surface area contributed by atoms with Crippen LogP contribution in [0.3, 0.4) is 0 Å². The normalized spacial score (nSPS) is 20.0. The van der Waals surface area contributed by atoms with E-state index in [0.29, 0.717) is 31.5 Å². The second kappa shape index (κ2) is 14.6. The molecule has 2 aliphatic carbocycles. The van der Waals surface area contributed by atoms with E-state index in [1.165, 1.54) is 4.68 Å². The molecule has 6 aromatic rings. The van der Waals surface area contributed by atoms with Crippen LogP contribution in [-0.4, -0.2) is 73.7 Å². The molecule has 13 nitrogen and oxygen atoms in total. The van der Waals surface area contributed by atoms with Crippen LogP contribution in [0.4, 0.5) is 17.6 Å². The Bertz CT molecular complexity index is 2420. The number of hydrogen-bond acceptors (Lipinski definition) is 7. The van der Waals surface area contributed by atoms with E-state index in [1.54, 1.807) is 65.8 Å². The number of halogens is 4. The largest absolute Gasteiger partial charge is 0.435 e. The summed E-state index contributed by atoms with van der Waals surface area (Å²) in [5, 5.41) is 23.8. The topological polar surface area (TPSA) is 142 Å². The number of aryl methyl sites for hydroxylation is 2. The van der Waals surface area contributed by atoms with Crippen LogP contribution in [0.15, 0.2) is 73.4 Å². The number of carbonyl (C=O) groups is 2. The average Bonchev–Trinajstić information content (AvgIpc) is 3.45. The number of hydrogen-bond donors (Lipinski definition) is 2. The van der Waals surface area contributed by atoms with Gasteiger partial charge in [0, 0.05) is 68.7 Å². The molecule has 0 saturated heterocycles. The van der Waals surface area contributed by atoms with Gasteiger partial charge < -0.3 is 10.6 Å². The third-order valence-corrected chi connectivity index (χ3v) is 10.7. The van der Waals surface area contributed by atoms with E-state index in [-0.39, 0.29) is 48.0 Å². The van der Waals surface area contributed by atoms with Gasteiger partial charge in [-0.25, -0.2) is 9.37 Å². The highest BCUT2D eigenvalue weighted by Gasteiger charge is 2.45. The van der Waals surface area contributed by atoms with Crippen LogP contribution in [0, 0.1) is 11.8 Å². The van der Waals surface area contributed by atoms with Crippen molar-refractivity contribution in [2.75, 3.05) is 0 Å². The fourth-order valence-electron chi connectivity index (χ4n) is 7.65. The van der Waals surface area contributed by atoms with Gasteiger partial charge in [0.1, 0.15) is 17.9 Å². The lowest BCUT2D eigenvalue weighted by Crippen LogP contribution is -2.55. The standard InChI is InChI=1S/C40H43F4N11O2/c1-39(2,22-55-34(16-35(50-55)40(42,43)44)32-9-10-54(49-32)20-23-11-29(41)12-23)48-38(57)33(13-24-17-46-52(3)19-24)47-37(56)31-15-30(31)26-7-5-25(6-8-26)27-14-28-21-53(4)51-36(28)45-18-27/h5-10,14,16-19,21,23,29-31,33H,11-13,15,20,22H2,1-4H3,(H,47,56)(H,48,57)/t23-,29-,30-,31+,33-/m1/s1. The molecule has 5 aromatic heterocycles. The van der Waals surface area contributed by atoms with Crippen molar-refractivity contribution in [3.8, 4) is 22.5 Å². The van der Waals surface area contributed by atoms with E-state index < -0.39 is 35.5 Å². The first-order valence-electron chi connectivity index (χ1n) is 18.9. The Hall–Kier alpha value is -5.87. The molecule has 57 heavy (non-hydrogen) atoms. The predicted octanol–water partition coefficient (Wildman–Crippen LogP) is 5.62. The smallest absolute Gasteiger partial charge is 0.348 e. The van der Waals surface area contributed by atoms with E-state index in [2.05, 4.69) is 36.0 Å². The lowest BCUT2D eigenvalue weighted by atomic mass is 9.83. The zero-order valence-electron chi connectivity index (χ0n) is 31.9. The summed E-state index contributed by atoms with van der Waals surface area (Å²) in [6.45, 7) is 3.69. The van der Waals surface area contributed by atoms with Gasteiger partial charge in [-0.1, -0.05) is 24.3 Å². The summed E-state index contributed by atoms with van der Waals surface area (Å²) < 4.78 is 61.3. The zero-order valence-corrected chi connectivity index (χ0v) is 31.9. The summed E-state index contributed by atoms with van der Waals surface area (Å²) in [7, 11) is 3.60. The first-order valence-corrected chi connectivity index (χ1v) is 18.9. The second-order valence-electron chi connectivity index (χ2n) is 16.1. The van der Waals surface area contributed by atoms with Crippen LogP contribution < -0.4 is 10.6 Å². The van der Waals surface area contributed by atoms with Crippen LogP contribution >= 0.6 is 0 Å². The monoisotopic (exact) mass is 785 g/mol. The highest BCUT2D eigenvalue weighted by molar-refractivity contribution is 5.90. The summed E-state index contributed by atoms with van der Waals surface area (Å²) >= 11 is 0. The number of pyridine rings is 1. The number of amides is 2. The summed E-state index contributed by atoms with van der Waals surface area (Å²) in [4.78, 5) is 32.2. The zero-order chi connectivity index (χ0) is 40.2. The first kappa shape index (κ1) is 38.0. The van der Waals surface area contributed by atoms with Crippen LogP contribution in [0.5, 0.6) is 0 Å². The maximum Gasteiger partial charge on any atom is 0.435 e. The molecule has 0 aliphatic heterocycles. The number of rotatable bonds is 13. The third-order valence-electron chi connectivity index (χ3n) is 10.7. The molecule has 5 heterocycles. The Morgan fingerprint density at radius 1 is 0.930 bits per heavy atom. The summed E-state index contributed by atoms with van der Waals surface area (Å²) in [5.74, 6) is -1.00. The number of nitrogens with one attached hydrogen (secondary N) is 2. The second-order valence-corrected chi connectivity index (χ2v) is 16.1. The van der Waals surface area contributed by atoms with Crippen LogP contribution in [-0.2, 0) is 49.4 Å². The van der Waals surface area contributed by atoms with Crippen LogP contribution in [0.2, 0.25) is 0 Å². The van der Waals surface area contributed by atoms with Gasteiger partial charge in [-0.3, -0.25) is 28.3 Å². The molecule has 17 heteroatoms. The summed E-state index contributed by atoms with van der Waals surface area (Å²) in [5.41, 5.74) is 2.54. The van der Waals surface area contributed by atoms with Crippen LogP contribution in [0.25, 0.3) is 33.5 Å². The van der Waals surface area contributed by atoms with E-state index in [9.17, 15) is 27.2 Å². The molecule has 8 rings (SSSR count). The van der Waals surface area contributed by atoms with Crippen molar-refractivity contribution in [3.05, 3.63) is 90.3 Å². The molecule has 0 radical (unpaired) electrons. The molecule has 3 atom stereocenters. The molecule has 298 valence electrons. The Morgan fingerprint density at radius 3 is 2.40 bits per heavy atom. The van der Waals surface area contributed by atoms with Gasteiger partial charge in [0.15, 0.2) is 11.3 Å². The minimum Gasteiger partial charge on any atom is -0.348 e. The minimum absolute atomic E-state index is 0.0182. The fourth-order valence-corrected chi connectivity index (χ4v) is 7.65. The van der Waals surface area contributed by atoms with Crippen molar-refractivity contribution < 1.29 is 27.2 Å². The van der Waals surface area contributed by atoms with Crippen LogP contribution in [0.1, 0.15) is 55.8 Å². The van der Waals surface area contributed by atoms with Crippen molar-refractivity contribution in [2.24, 2.45) is 25.9 Å². The average molecular weight is 786 g/mol. The highest BCUT2D eigenvalue weighted by Crippen LogP contribution is 2.48. The molecule has 0 unspecified atom stereocenters. The minimum atomic E-state index is -4.72. The van der Waals surface area contributed by atoms with E-state index in [0.717, 1.165) is 33.7 Å². The Labute approximate surface area is 325 Å². The molecule has 2 amide bonds. The van der Waals surface area contributed by atoms with Gasteiger partial charge in [0.25, 0.3) is 0 Å². The fraction of sp³-hybridized carbons (Fsp3) is 0.425. The maximum absolute atomic E-state index is 14.0. The number of nitrogens with zero attached hydrogens (tertiary/aromatic N) is 9. The van der Waals surface area contributed by atoms with Gasteiger partial charge in [0.2, 0.25) is 11.8 Å². The maximum atomic E-state index is 14.0. The lowest BCUT2D eigenvalue weighted by molar-refractivity contribution is -0.141. The van der Waals surface area contributed by atoms with Crippen molar-refractivity contribution in [3.63, 3.8) is 0 Å². The van der Waals surface area contributed by atoms with E-state index in [1.807, 2.05) is 43.6 Å². The molecule has 0 spiro atoms. The predicted molar refractivity (Wildman–Crippen MR) is 202 cm³/mol. The van der Waals surface area contributed by atoms with Crippen molar-refractivity contribution >= 4 is 22.8 Å². The molecule has 2 saturated carbocycles. The van der Waals surface area contributed by atoms with Crippen molar-refractivity contribution in [1.82, 2.24) is 54.7 Å². The van der Waals surface area contributed by atoms with Gasteiger partial charge in [-0.2, -0.15) is 33.6 Å². The molecule has 2 N–H and O–H groups in total. The van der Waals surface area contributed by atoms with Gasteiger partial charge in [0.05, 0.1) is 24.0 Å². The Kier molecular flexibility index (Phi) is 9.72. The molecular formula is C40H43F4N11O2. The highest BCUT2D eigenvalue weighted by atomic mass is 19.4. The number of benzene rings is 1. The van der Waals surface area contributed by atoms with Gasteiger partial charge >= 0.3 is 6.18 Å². The quantitative estimate of drug-likeness (QED) is 0.145. The molecular weight excluding hydrogens is 743 g/mol. The molecule has 0 bridgehead atoms. The SMILES string of the molecule is Cn1cc(C[C@@H](NC(=O)[C@H]2C[C@@H]2c2ccc(-c3cnc4nn(C)cc4c3)cc2)C(=O)NC(C)(C)Cn2nc(C(F)(F)F)cc2-c2ccn(C[C@H]3C[C@H](F)C3)n2)cn1. The van der Waals surface area contributed by atoms with Gasteiger partial charge in [-0.15, -0.1) is 0 Å². The first-order chi connectivity index (χ1) is 27.1. The van der Waals surface area contributed by atoms with Crippen molar-refractivity contribution in [1.29, 1.82) is 0 Å². The summed E-state index contributed by atoms with van der Waals surface area (Å²) in [6.07, 6.45) is 4.83. The Balaban J connectivity index is 0.951. The van der Waals surface area contributed by atoms with Crippen molar-refractivity contribution in [2.45, 2.75) is 82.5 Å². The number of alkyl halides is 4. The van der Waals surface area contributed by atoms with E-state index in [4.69, 9.17) is 0 Å². The number of carbonyl (C=O) groups excluding carboxylic acids is 2. The van der Waals surface area contributed by atoms with Gasteiger partial charge in [-0.05, 0) is 79.8 Å². The third kappa shape index (κ3) is 8.46. The molecule has 2 aliphatic rings. The lowest BCUT2D eigenvalue weighted by Gasteiger charge is -2.30. The number of fused-ring (bicyclic) bond motifs is 1. The summed E-state index contributed by atoms with van der Waals surface area (Å²) in [6, 6.07) is 11.6. The molecule has 1 aromatic carbocycles.